The minimum absolute atomic E-state index is 0.0624. The van der Waals surface area contributed by atoms with Gasteiger partial charge in [0.1, 0.15) is 5.01 Å². The number of nitrogens with one attached hydrogen (secondary N) is 1. The number of hydrogen-bond donors (Lipinski definition) is 1. The van der Waals surface area contributed by atoms with Gasteiger partial charge < -0.3 is 10.1 Å². The molecule has 0 bridgehead atoms. The minimum atomic E-state index is -1.11. The Balaban J connectivity index is 1.54. The monoisotopic (exact) mass is 403 g/mol. The summed E-state index contributed by atoms with van der Waals surface area (Å²) in [7, 11) is 0. The van der Waals surface area contributed by atoms with Crippen LogP contribution in [-0.2, 0) is 20.7 Å². The van der Waals surface area contributed by atoms with Crippen LogP contribution in [0, 0.1) is 11.6 Å². The molecule has 0 aliphatic heterocycles. The van der Waals surface area contributed by atoms with Crippen LogP contribution in [0.2, 0.25) is 0 Å². The number of rotatable bonds is 6. The Labute approximate surface area is 163 Å². The van der Waals surface area contributed by atoms with Crippen molar-refractivity contribution in [2.24, 2.45) is 0 Å². The number of anilines is 1. The molecule has 0 radical (unpaired) electrons. The van der Waals surface area contributed by atoms with E-state index in [2.05, 4.69) is 15.3 Å². The summed E-state index contributed by atoms with van der Waals surface area (Å²) in [6.45, 7) is 1.38. The predicted octanol–water partition coefficient (Wildman–Crippen LogP) is 3.60. The Bertz CT molecular complexity index is 995. The van der Waals surface area contributed by atoms with Crippen LogP contribution in [0.15, 0.2) is 48.1 Å². The summed E-state index contributed by atoms with van der Waals surface area (Å²) in [6.07, 6.45) is 2.12. The molecule has 1 atom stereocenters. The van der Waals surface area contributed by atoms with E-state index in [-0.39, 0.29) is 12.1 Å². The molecule has 1 amide bonds. The van der Waals surface area contributed by atoms with E-state index in [9.17, 15) is 18.4 Å². The van der Waals surface area contributed by atoms with Gasteiger partial charge in [-0.05, 0) is 31.2 Å². The summed E-state index contributed by atoms with van der Waals surface area (Å²) in [5.41, 5.74) is 1.42. The van der Waals surface area contributed by atoms with Gasteiger partial charge in [-0.25, -0.2) is 13.8 Å². The summed E-state index contributed by atoms with van der Waals surface area (Å²) >= 11 is 1.37. The molecule has 1 aromatic carbocycles. The van der Waals surface area contributed by atoms with Crippen molar-refractivity contribution >= 4 is 28.9 Å². The first-order valence-corrected chi connectivity index (χ1v) is 9.10. The first-order valence-electron chi connectivity index (χ1n) is 8.22. The minimum Gasteiger partial charge on any atom is -0.452 e. The maximum atomic E-state index is 13.2. The van der Waals surface area contributed by atoms with Crippen LogP contribution >= 0.6 is 11.3 Å². The van der Waals surface area contributed by atoms with Gasteiger partial charge >= 0.3 is 5.97 Å². The maximum Gasteiger partial charge on any atom is 0.312 e. The Kier molecular flexibility index (Phi) is 6.05. The third-order valence-corrected chi connectivity index (χ3v) is 4.59. The van der Waals surface area contributed by atoms with Crippen LogP contribution < -0.4 is 5.32 Å². The lowest BCUT2D eigenvalue weighted by atomic mass is 10.2. The van der Waals surface area contributed by atoms with Crippen LogP contribution in [0.1, 0.15) is 12.6 Å². The van der Waals surface area contributed by atoms with Crippen LogP contribution in [-0.4, -0.2) is 27.9 Å². The number of ether oxygens (including phenoxy) is 1. The standard InChI is InChI=1S/C19H15F2N3O3S/c1-11(18(26)23-13-4-5-15(20)16(21)7-13)27-17(25)8-14-10-28-19(24-14)12-3-2-6-22-9-12/h2-7,9-11H,8H2,1H3,(H,23,26)/t11-/m1/s1. The third-order valence-electron chi connectivity index (χ3n) is 3.65. The van der Waals surface area contributed by atoms with Crippen LogP contribution in [0.3, 0.4) is 0 Å². The van der Waals surface area contributed by atoms with E-state index in [1.807, 2.05) is 6.07 Å². The van der Waals surface area contributed by atoms with E-state index < -0.39 is 29.6 Å². The molecular formula is C19H15F2N3O3S. The zero-order valence-electron chi connectivity index (χ0n) is 14.7. The molecule has 0 spiro atoms. The van der Waals surface area contributed by atoms with Gasteiger partial charge in [0.05, 0.1) is 12.1 Å². The van der Waals surface area contributed by atoms with Gasteiger partial charge in [0, 0.05) is 35.1 Å². The Morgan fingerprint density at radius 1 is 1.25 bits per heavy atom. The van der Waals surface area contributed by atoms with Gasteiger partial charge in [0.2, 0.25) is 0 Å². The fraction of sp³-hybridized carbons (Fsp3) is 0.158. The zero-order valence-corrected chi connectivity index (χ0v) is 15.5. The van der Waals surface area contributed by atoms with Gasteiger partial charge in [0.15, 0.2) is 17.7 Å². The van der Waals surface area contributed by atoms with Crippen molar-refractivity contribution in [3.05, 3.63) is 65.4 Å². The number of benzene rings is 1. The second-order valence-corrected chi connectivity index (χ2v) is 6.67. The Morgan fingerprint density at radius 2 is 2.07 bits per heavy atom. The fourth-order valence-corrected chi connectivity index (χ4v) is 3.08. The molecule has 2 aromatic heterocycles. The summed E-state index contributed by atoms with van der Waals surface area (Å²) in [5, 5.41) is 4.82. The van der Waals surface area contributed by atoms with Crippen molar-refractivity contribution in [3.63, 3.8) is 0 Å². The number of amides is 1. The number of hydrogen-bond acceptors (Lipinski definition) is 6. The van der Waals surface area contributed by atoms with Crippen molar-refractivity contribution in [1.82, 2.24) is 9.97 Å². The number of esters is 1. The fourth-order valence-electron chi connectivity index (χ4n) is 2.27. The quantitative estimate of drug-likeness (QED) is 0.636. The van der Waals surface area contributed by atoms with E-state index in [0.717, 1.165) is 22.7 Å². The van der Waals surface area contributed by atoms with Crippen molar-refractivity contribution in [2.45, 2.75) is 19.4 Å². The SMILES string of the molecule is C[C@@H](OC(=O)Cc1csc(-c2cccnc2)n1)C(=O)Nc1ccc(F)c(F)c1. The van der Waals surface area contributed by atoms with Gasteiger partial charge in [0.25, 0.3) is 5.91 Å². The molecule has 28 heavy (non-hydrogen) atoms. The molecule has 0 saturated heterocycles. The lowest BCUT2D eigenvalue weighted by Gasteiger charge is -2.13. The Hall–Kier alpha value is -3.20. The van der Waals surface area contributed by atoms with Crippen LogP contribution in [0.4, 0.5) is 14.5 Å². The van der Waals surface area contributed by atoms with Gasteiger partial charge in [-0.3, -0.25) is 14.6 Å². The second-order valence-electron chi connectivity index (χ2n) is 5.81. The number of carbonyl (C=O) groups excluding carboxylic acids is 2. The normalized spacial score (nSPS) is 11.7. The summed E-state index contributed by atoms with van der Waals surface area (Å²) in [5.74, 6) is -3.40. The first-order chi connectivity index (χ1) is 13.4. The van der Waals surface area contributed by atoms with E-state index in [0.29, 0.717) is 5.69 Å². The maximum absolute atomic E-state index is 13.2. The highest BCUT2D eigenvalue weighted by Crippen LogP contribution is 2.23. The average molecular weight is 403 g/mol. The van der Waals surface area contributed by atoms with Crippen molar-refractivity contribution in [1.29, 1.82) is 0 Å². The third kappa shape index (κ3) is 4.95. The largest absolute Gasteiger partial charge is 0.452 e. The van der Waals surface area contributed by atoms with Gasteiger partial charge in [-0.2, -0.15) is 0 Å². The number of halogens is 2. The summed E-state index contributed by atoms with van der Waals surface area (Å²) < 4.78 is 31.2. The molecular weight excluding hydrogens is 388 g/mol. The van der Waals surface area contributed by atoms with Crippen molar-refractivity contribution < 1.29 is 23.1 Å². The summed E-state index contributed by atoms with van der Waals surface area (Å²) in [6, 6.07) is 6.59. The first kappa shape index (κ1) is 19.6. The smallest absolute Gasteiger partial charge is 0.312 e. The molecule has 9 heteroatoms. The lowest BCUT2D eigenvalue weighted by molar-refractivity contribution is -0.152. The highest BCUT2D eigenvalue weighted by Gasteiger charge is 2.19. The second kappa shape index (κ2) is 8.66. The van der Waals surface area contributed by atoms with Gasteiger partial charge in [-0.1, -0.05) is 0 Å². The number of carbonyl (C=O) groups is 2. The van der Waals surface area contributed by atoms with E-state index in [1.54, 1.807) is 23.8 Å². The zero-order chi connectivity index (χ0) is 20.1. The molecule has 6 nitrogen and oxygen atoms in total. The number of thiazole rings is 1. The van der Waals surface area contributed by atoms with Crippen LogP contribution in [0.5, 0.6) is 0 Å². The molecule has 1 N–H and O–H groups in total. The highest BCUT2D eigenvalue weighted by atomic mass is 32.1. The van der Waals surface area contributed by atoms with E-state index >= 15 is 0 Å². The molecule has 0 aliphatic rings. The molecule has 0 unspecified atom stereocenters. The highest BCUT2D eigenvalue weighted by molar-refractivity contribution is 7.13. The number of aromatic nitrogens is 2. The van der Waals surface area contributed by atoms with Gasteiger partial charge in [-0.15, -0.1) is 11.3 Å². The Morgan fingerprint density at radius 3 is 2.79 bits per heavy atom. The average Bonchev–Trinajstić information content (AvgIpc) is 3.13. The molecule has 0 fully saturated rings. The van der Waals surface area contributed by atoms with Crippen LogP contribution in [0.25, 0.3) is 10.6 Å². The molecule has 0 saturated carbocycles. The van der Waals surface area contributed by atoms with E-state index in [4.69, 9.17) is 4.74 Å². The molecule has 2 heterocycles. The number of pyridine rings is 1. The van der Waals surface area contributed by atoms with Crippen molar-refractivity contribution in [3.8, 4) is 10.6 Å². The number of nitrogens with zero attached hydrogens (tertiary/aromatic N) is 2. The molecule has 3 rings (SSSR count). The molecule has 144 valence electrons. The molecule has 0 aliphatic carbocycles. The molecule has 3 aromatic rings. The predicted molar refractivity (Wildman–Crippen MR) is 99.6 cm³/mol. The van der Waals surface area contributed by atoms with Crippen molar-refractivity contribution in [2.75, 3.05) is 5.32 Å². The topological polar surface area (TPSA) is 81.2 Å². The van der Waals surface area contributed by atoms with E-state index in [1.165, 1.54) is 24.3 Å². The lowest BCUT2D eigenvalue weighted by Crippen LogP contribution is -2.30. The summed E-state index contributed by atoms with van der Waals surface area (Å²) in [4.78, 5) is 32.5.